The molecule has 1 aliphatic rings. The van der Waals surface area contributed by atoms with Gasteiger partial charge in [0.25, 0.3) is 0 Å². The summed E-state index contributed by atoms with van der Waals surface area (Å²) in [6.45, 7) is 0. The van der Waals surface area contributed by atoms with Crippen molar-refractivity contribution in [2.75, 3.05) is 0 Å². The summed E-state index contributed by atoms with van der Waals surface area (Å²) in [6.07, 6.45) is 2.90. The maximum Gasteiger partial charge on any atom is 0.127 e. The van der Waals surface area contributed by atoms with Gasteiger partial charge >= 0.3 is 0 Å². The third-order valence-electron chi connectivity index (χ3n) is 3.23. The average Bonchev–Trinajstić information content (AvgIpc) is 2.56. The van der Waals surface area contributed by atoms with Gasteiger partial charge in [-0.05, 0) is 36.6 Å². The molecule has 4 heteroatoms. The second-order valence-electron chi connectivity index (χ2n) is 4.21. The third-order valence-corrected chi connectivity index (χ3v) is 3.23. The van der Waals surface area contributed by atoms with Crippen LogP contribution in [-0.4, -0.2) is 15.9 Å². The predicted molar refractivity (Wildman–Crippen MR) is 65.5 cm³/mol. The van der Waals surface area contributed by atoms with Gasteiger partial charge in [0.05, 0.1) is 5.69 Å². The van der Waals surface area contributed by atoms with Crippen molar-refractivity contribution in [2.45, 2.75) is 12.8 Å². The molecule has 1 aromatic heterocycles. The zero-order valence-electron chi connectivity index (χ0n) is 9.60. The number of benzene rings is 1. The van der Waals surface area contributed by atoms with Crippen molar-refractivity contribution in [1.82, 2.24) is 4.98 Å². The first kappa shape index (κ1) is 10.9. The van der Waals surface area contributed by atoms with Crippen molar-refractivity contribution in [3.63, 3.8) is 0 Å². The summed E-state index contributed by atoms with van der Waals surface area (Å²) < 4.78 is 13.8. The summed E-state index contributed by atoms with van der Waals surface area (Å²) in [5.41, 5.74) is 3.22. The van der Waals surface area contributed by atoms with E-state index in [9.17, 15) is 9.60 Å². The van der Waals surface area contributed by atoms with Crippen molar-refractivity contribution in [1.29, 1.82) is 0 Å². The summed E-state index contributed by atoms with van der Waals surface area (Å²) in [5.74, 6) is -0.263. The highest BCUT2D eigenvalue weighted by Gasteiger charge is 2.22. The molecule has 90 valence electrons. The van der Waals surface area contributed by atoms with Crippen molar-refractivity contribution in [3.8, 4) is 0 Å². The Labute approximate surface area is 104 Å². The Morgan fingerprint density at radius 3 is 2.78 bits per heavy atom. The number of halogens is 1. The van der Waals surface area contributed by atoms with Gasteiger partial charge in [-0.1, -0.05) is 17.3 Å². The molecule has 1 aromatic carbocycles. The quantitative estimate of drug-likeness (QED) is 0.570. The molecular formula is C14H11FN2O. The van der Waals surface area contributed by atoms with E-state index in [1.165, 1.54) is 6.07 Å². The second-order valence-corrected chi connectivity index (χ2v) is 4.21. The fourth-order valence-corrected chi connectivity index (χ4v) is 2.38. The molecule has 3 rings (SSSR count). The van der Waals surface area contributed by atoms with E-state index in [-0.39, 0.29) is 5.82 Å². The molecule has 0 unspecified atom stereocenters. The van der Waals surface area contributed by atoms with Crippen LogP contribution in [0.1, 0.15) is 22.4 Å². The van der Waals surface area contributed by atoms with E-state index in [0.717, 1.165) is 11.3 Å². The van der Waals surface area contributed by atoms with Crippen molar-refractivity contribution < 1.29 is 9.60 Å². The lowest BCUT2D eigenvalue weighted by atomic mass is 9.99. The van der Waals surface area contributed by atoms with Crippen LogP contribution in [-0.2, 0) is 12.8 Å². The highest BCUT2D eigenvalue weighted by Crippen LogP contribution is 2.25. The SMILES string of the molecule is ON=C1c2cccnc2CCc2c(F)cccc21. The lowest BCUT2D eigenvalue weighted by Gasteiger charge is -2.08. The van der Waals surface area contributed by atoms with E-state index in [0.29, 0.717) is 29.7 Å². The summed E-state index contributed by atoms with van der Waals surface area (Å²) >= 11 is 0. The summed E-state index contributed by atoms with van der Waals surface area (Å²) in [4.78, 5) is 4.28. The van der Waals surface area contributed by atoms with E-state index in [1.54, 1.807) is 24.4 Å². The van der Waals surface area contributed by atoms with E-state index in [1.807, 2.05) is 6.07 Å². The topological polar surface area (TPSA) is 45.5 Å². The molecule has 0 bridgehead atoms. The Morgan fingerprint density at radius 2 is 1.94 bits per heavy atom. The molecule has 2 aromatic rings. The van der Waals surface area contributed by atoms with Crippen LogP contribution < -0.4 is 0 Å². The molecule has 0 radical (unpaired) electrons. The van der Waals surface area contributed by atoms with Gasteiger partial charge in [-0.15, -0.1) is 0 Å². The maximum absolute atomic E-state index is 13.8. The number of hydrogen-bond donors (Lipinski definition) is 1. The van der Waals surface area contributed by atoms with Crippen molar-refractivity contribution >= 4 is 5.71 Å². The fraction of sp³-hybridized carbons (Fsp3) is 0.143. The van der Waals surface area contributed by atoms with E-state index in [2.05, 4.69) is 10.1 Å². The van der Waals surface area contributed by atoms with Gasteiger partial charge < -0.3 is 5.21 Å². The molecule has 0 saturated heterocycles. The van der Waals surface area contributed by atoms with E-state index < -0.39 is 0 Å². The van der Waals surface area contributed by atoms with Gasteiger partial charge in [0.15, 0.2) is 0 Å². The second kappa shape index (κ2) is 4.22. The Balaban J connectivity index is 2.29. The van der Waals surface area contributed by atoms with Crippen LogP contribution in [0.15, 0.2) is 41.7 Å². The summed E-state index contributed by atoms with van der Waals surface area (Å²) in [5, 5.41) is 12.6. The zero-order valence-corrected chi connectivity index (χ0v) is 9.60. The summed E-state index contributed by atoms with van der Waals surface area (Å²) in [6, 6.07) is 8.46. The number of oxime groups is 1. The standard InChI is InChI=1S/C14H11FN2O/c15-12-5-1-3-10-9(12)6-7-13-11(14(10)17-18)4-2-8-16-13/h1-5,8,18H,6-7H2. The van der Waals surface area contributed by atoms with Crippen LogP contribution in [0.2, 0.25) is 0 Å². The Bertz CT molecular complexity index is 637. The first-order chi connectivity index (χ1) is 8.81. The molecule has 1 aliphatic carbocycles. The minimum atomic E-state index is -0.263. The van der Waals surface area contributed by atoms with Crippen LogP contribution in [0.4, 0.5) is 4.39 Å². The van der Waals surface area contributed by atoms with Gasteiger partial charge in [0, 0.05) is 17.3 Å². The molecule has 0 saturated carbocycles. The number of aryl methyl sites for hydroxylation is 1. The first-order valence-electron chi connectivity index (χ1n) is 5.75. The smallest absolute Gasteiger partial charge is 0.127 e. The third kappa shape index (κ3) is 1.57. The lowest BCUT2D eigenvalue weighted by molar-refractivity contribution is 0.319. The normalized spacial score (nSPS) is 15.9. The van der Waals surface area contributed by atoms with Crippen LogP contribution in [0.25, 0.3) is 0 Å². The number of aromatic nitrogens is 1. The molecule has 0 atom stereocenters. The Hall–Kier alpha value is -2.23. The monoisotopic (exact) mass is 242 g/mol. The van der Waals surface area contributed by atoms with Crippen LogP contribution in [0.5, 0.6) is 0 Å². The highest BCUT2D eigenvalue weighted by molar-refractivity contribution is 6.14. The molecule has 0 fully saturated rings. The molecule has 1 heterocycles. The van der Waals surface area contributed by atoms with Crippen LogP contribution >= 0.6 is 0 Å². The van der Waals surface area contributed by atoms with Gasteiger partial charge in [-0.3, -0.25) is 4.98 Å². The molecule has 0 spiro atoms. The highest BCUT2D eigenvalue weighted by atomic mass is 19.1. The number of hydrogen-bond acceptors (Lipinski definition) is 3. The van der Waals surface area contributed by atoms with Crippen molar-refractivity contribution in [2.24, 2.45) is 5.16 Å². The molecule has 0 amide bonds. The average molecular weight is 242 g/mol. The van der Waals surface area contributed by atoms with Crippen molar-refractivity contribution in [3.05, 3.63) is 64.7 Å². The van der Waals surface area contributed by atoms with Gasteiger partial charge in [-0.2, -0.15) is 0 Å². The number of rotatable bonds is 0. The lowest BCUT2D eigenvalue weighted by Crippen LogP contribution is -2.07. The Kier molecular flexibility index (Phi) is 2.55. The minimum absolute atomic E-state index is 0.263. The minimum Gasteiger partial charge on any atom is -0.410 e. The van der Waals surface area contributed by atoms with Crippen LogP contribution in [0, 0.1) is 5.82 Å². The Morgan fingerprint density at radius 1 is 1.11 bits per heavy atom. The van der Waals surface area contributed by atoms with E-state index in [4.69, 9.17) is 0 Å². The van der Waals surface area contributed by atoms with Crippen LogP contribution in [0.3, 0.4) is 0 Å². The van der Waals surface area contributed by atoms with Gasteiger partial charge in [0.1, 0.15) is 11.5 Å². The molecule has 18 heavy (non-hydrogen) atoms. The number of pyridine rings is 1. The first-order valence-corrected chi connectivity index (χ1v) is 5.75. The molecule has 1 N–H and O–H groups in total. The maximum atomic E-state index is 13.8. The fourth-order valence-electron chi connectivity index (χ4n) is 2.38. The molecular weight excluding hydrogens is 231 g/mol. The van der Waals surface area contributed by atoms with Gasteiger partial charge in [0.2, 0.25) is 0 Å². The zero-order chi connectivity index (χ0) is 12.5. The summed E-state index contributed by atoms with van der Waals surface area (Å²) in [7, 11) is 0. The van der Waals surface area contributed by atoms with Gasteiger partial charge in [-0.25, -0.2) is 4.39 Å². The number of fused-ring (bicyclic) bond motifs is 2. The molecule has 0 aliphatic heterocycles. The largest absolute Gasteiger partial charge is 0.410 e. The van der Waals surface area contributed by atoms with E-state index >= 15 is 0 Å². The number of nitrogens with zero attached hydrogens (tertiary/aromatic N) is 2. The molecule has 3 nitrogen and oxygen atoms in total. The predicted octanol–water partition coefficient (Wildman–Crippen LogP) is 2.55.